The van der Waals surface area contributed by atoms with Crippen LogP contribution in [0.2, 0.25) is 0 Å². The van der Waals surface area contributed by atoms with Gasteiger partial charge in [-0.15, -0.1) is 0 Å². The van der Waals surface area contributed by atoms with Gasteiger partial charge in [0.25, 0.3) is 0 Å². The molecule has 0 amide bonds. The molecule has 0 unspecified atom stereocenters. The third-order valence-electron chi connectivity index (χ3n) is 2.07. The topological polar surface area (TPSA) is 52.4 Å². The van der Waals surface area contributed by atoms with Crippen molar-refractivity contribution in [3.05, 3.63) is 33.9 Å². The van der Waals surface area contributed by atoms with Gasteiger partial charge in [0, 0.05) is 11.4 Å². The Morgan fingerprint density at radius 3 is 2.53 bits per heavy atom. The normalized spacial score (nSPS) is 13.1. The van der Waals surface area contributed by atoms with Gasteiger partial charge in [-0.2, -0.15) is 13.2 Å². The number of benzene rings is 1. The maximum Gasteiger partial charge on any atom is 0.416 e. The predicted molar refractivity (Wildman–Crippen MR) is 70.1 cm³/mol. The SMILES string of the molecule is O=[N+]([O-])c1cc(C(F)(F)F)ccc1OC[C@@H](Br)CBr. The number of ether oxygens (including phenoxy) is 1. The Morgan fingerprint density at radius 2 is 2.05 bits per heavy atom. The van der Waals surface area contributed by atoms with E-state index in [2.05, 4.69) is 31.9 Å². The first-order valence-electron chi connectivity index (χ1n) is 4.94. The molecular formula is C10H8Br2F3NO3. The monoisotopic (exact) mass is 405 g/mol. The van der Waals surface area contributed by atoms with Gasteiger partial charge in [-0.1, -0.05) is 31.9 Å². The van der Waals surface area contributed by atoms with E-state index in [-0.39, 0.29) is 17.2 Å². The number of halogens is 5. The second kappa shape index (κ2) is 6.56. The lowest BCUT2D eigenvalue weighted by molar-refractivity contribution is -0.386. The number of nitro groups is 1. The van der Waals surface area contributed by atoms with Gasteiger partial charge in [-0.05, 0) is 12.1 Å². The minimum Gasteiger partial charge on any atom is -0.486 e. The van der Waals surface area contributed by atoms with Crippen LogP contribution in [0, 0.1) is 10.1 Å². The molecule has 19 heavy (non-hydrogen) atoms. The summed E-state index contributed by atoms with van der Waals surface area (Å²) in [6.45, 7) is 0.0947. The lowest BCUT2D eigenvalue weighted by Crippen LogP contribution is -2.13. The van der Waals surface area contributed by atoms with Crippen LogP contribution in [0.4, 0.5) is 18.9 Å². The Kier molecular flexibility index (Phi) is 5.60. The molecule has 0 fully saturated rings. The summed E-state index contributed by atoms with van der Waals surface area (Å²) >= 11 is 6.38. The maximum atomic E-state index is 12.5. The van der Waals surface area contributed by atoms with Crippen LogP contribution in [-0.2, 0) is 6.18 Å². The molecule has 0 aliphatic rings. The summed E-state index contributed by atoms with van der Waals surface area (Å²) in [5.41, 5.74) is -1.79. The van der Waals surface area contributed by atoms with E-state index in [9.17, 15) is 23.3 Å². The lowest BCUT2D eigenvalue weighted by atomic mass is 10.2. The zero-order chi connectivity index (χ0) is 14.6. The Morgan fingerprint density at radius 1 is 1.42 bits per heavy atom. The van der Waals surface area contributed by atoms with Crippen LogP contribution >= 0.6 is 31.9 Å². The summed E-state index contributed by atoms with van der Waals surface area (Å²) in [6, 6.07) is 2.17. The molecule has 0 aliphatic heterocycles. The summed E-state index contributed by atoms with van der Waals surface area (Å²) < 4.78 is 42.5. The van der Waals surface area contributed by atoms with E-state index >= 15 is 0 Å². The van der Waals surface area contributed by atoms with E-state index in [0.717, 1.165) is 12.1 Å². The van der Waals surface area contributed by atoms with Gasteiger partial charge in [0.1, 0.15) is 6.61 Å². The van der Waals surface area contributed by atoms with E-state index in [4.69, 9.17) is 4.74 Å². The summed E-state index contributed by atoms with van der Waals surface area (Å²) in [4.78, 5) is 9.75. The fourth-order valence-corrected chi connectivity index (χ4v) is 1.50. The first-order chi connectivity index (χ1) is 8.75. The van der Waals surface area contributed by atoms with Gasteiger partial charge in [-0.25, -0.2) is 0 Å². The zero-order valence-corrected chi connectivity index (χ0v) is 12.5. The van der Waals surface area contributed by atoms with E-state index in [0.29, 0.717) is 11.4 Å². The van der Waals surface area contributed by atoms with Crippen molar-refractivity contribution in [2.24, 2.45) is 0 Å². The molecule has 106 valence electrons. The van der Waals surface area contributed by atoms with E-state index in [1.165, 1.54) is 0 Å². The van der Waals surface area contributed by atoms with Crippen LogP contribution in [0.1, 0.15) is 5.56 Å². The number of nitro benzene ring substituents is 1. The molecule has 0 spiro atoms. The molecular weight excluding hydrogens is 399 g/mol. The Balaban J connectivity index is 3.02. The lowest BCUT2D eigenvalue weighted by Gasteiger charge is -2.11. The number of rotatable bonds is 5. The molecule has 0 saturated heterocycles. The average Bonchev–Trinajstić information content (AvgIpc) is 2.34. The smallest absolute Gasteiger partial charge is 0.416 e. The molecule has 0 N–H and O–H groups in total. The van der Waals surface area contributed by atoms with Gasteiger partial charge in [0.05, 0.1) is 15.3 Å². The van der Waals surface area contributed by atoms with Crippen molar-refractivity contribution in [3.8, 4) is 5.75 Å². The van der Waals surface area contributed by atoms with Crippen molar-refractivity contribution in [3.63, 3.8) is 0 Å². The highest BCUT2D eigenvalue weighted by Crippen LogP contribution is 2.36. The van der Waals surface area contributed by atoms with Crippen LogP contribution in [0.5, 0.6) is 5.75 Å². The van der Waals surface area contributed by atoms with Gasteiger partial charge in [0.15, 0.2) is 5.75 Å². The first kappa shape index (κ1) is 16.2. The molecule has 1 aromatic carbocycles. The highest BCUT2D eigenvalue weighted by molar-refractivity contribution is 9.12. The standard InChI is InChI=1S/C10H8Br2F3NO3/c11-4-7(12)5-19-9-2-1-6(10(13,14)15)3-8(9)16(17)18/h1-3,7H,4-5H2/t7-/m0/s1. The van der Waals surface area contributed by atoms with Crippen molar-refractivity contribution >= 4 is 37.5 Å². The molecule has 4 nitrogen and oxygen atoms in total. The van der Waals surface area contributed by atoms with Crippen molar-refractivity contribution in [2.45, 2.75) is 11.0 Å². The fraction of sp³-hybridized carbons (Fsp3) is 0.400. The van der Waals surface area contributed by atoms with Crippen LogP contribution in [0.15, 0.2) is 18.2 Å². The summed E-state index contributed by atoms with van der Waals surface area (Å²) in [6.07, 6.45) is -4.63. The zero-order valence-electron chi connectivity index (χ0n) is 9.29. The fourth-order valence-electron chi connectivity index (χ4n) is 1.18. The van der Waals surface area contributed by atoms with Crippen LogP contribution < -0.4 is 4.74 Å². The average molecular weight is 407 g/mol. The van der Waals surface area contributed by atoms with Crippen molar-refractivity contribution < 1.29 is 22.8 Å². The third-order valence-corrected chi connectivity index (χ3v) is 4.31. The highest BCUT2D eigenvalue weighted by atomic mass is 79.9. The molecule has 0 heterocycles. The number of alkyl halides is 5. The first-order valence-corrected chi connectivity index (χ1v) is 6.98. The van der Waals surface area contributed by atoms with Crippen molar-refractivity contribution in [1.82, 2.24) is 0 Å². The molecule has 1 aromatic rings. The molecule has 1 rings (SSSR count). The van der Waals surface area contributed by atoms with Crippen molar-refractivity contribution in [1.29, 1.82) is 0 Å². The van der Waals surface area contributed by atoms with Crippen molar-refractivity contribution in [2.75, 3.05) is 11.9 Å². The second-order valence-corrected chi connectivity index (χ2v) is 5.44. The molecule has 0 bridgehead atoms. The Hall–Kier alpha value is -0.830. The highest BCUT2D eigenvalue weighted by Gasteiger charge is 2.33. The Bertz CT molecular complexity index is 468. The van der Waals surface area contributed by atoms with Gasteiger partial charge >= 0.3 is 11.9 Å². The van der Waals surface area contributed by atoms with Crippen LogP contribution in [0.25, 0.3) is 0 Å². The van der Waals surface area contributed by atoms with E-state index in [1.54, 1.807) is 0 Å². The number of nitrogens with zero attached hydrogens (tertiary/aromatic N) is 1. The number of hydrogen-bond donors (Lipinski definition) is 0. The summed E-state index contributed by atoms with van der Waals surface area (Å²) in [5.74, 6) is -0.191. The molecule has 1 atom stereocenters. The van der Waals surface area contributed by atoms with E-state index in [1.807, 2.05) is 0 Å². The largest absolute Gasteiger partial charge is 0.486 e. The van der Waals surface area contributed by atoms with E-state index < -0.39 is 22.4 Å². The minimum atomic E-state index is -4.63. The quantitative estimate of drug-likeness (QED) is 0.419. The minimum absolute atomic E-state index is 0.0947. The second-order valence-electron chi connectivity index (χ2n) is 3.50. The number of hydrogen-bond acceptors (Lipinski definition) is 3. The molecule has 0 radical (unpaired) electrons. The predicted octanol–water partition coefficient (Wildman–Crippen LogP) is 4.15. The van der Waals surface area contributed by atoms with Gasteiger partial charge < -0.3 is 4.74 Å². The Labute approximate surface area is 123 Å². The molecule has 9 heteroatoms. The van der Waals surface area contributed by atoms with Crippen LogP contribution in [0.3, 0.4) is 0 Å². The molecule has 0 saturated carbocycles. The maximum absolute atomic E-state index is 12.5. The molecule has 0 aromatic heterocycles. The third kappa shape index (κ3) is 4.64. The molecule has 0 aliphatic carbocycles. The van der Waals surface area contributed by atoms with Gasteiger partial charge in [-0.3, -0.25) is 10.1 Å². The summed E-state index contributed by atoms with van der Waals surface area (Å²) in [7, 11) is 0. The summed E-state index contributed by atoms with van der Waals surface area (Å²) in [5, 5.41) is 11.3. The van der Waals surface area contributed by atoms with Gasteiger partial charge in [0.2, 0.25) is 0 Å². The van der Waals surface area contributed by atoms with Crippen LogP contribution in [-0.4, -0.2) is 21.7 Å².